The minimum atomic E-state index is -0.00244. The monoisotopic (exact) mass is 374 g/mol. The fourth-order valence-corrected chi connectivity index (χ4v) is 3.53. The molecule has 0 atom stereocenters. The Kier molecular flexibility index (Phi) is 6.05. The highest BCUT2D eigenvalue weighted by Gasteiger charge is 2.21. The first-order chi connectivity index (χ1) is 12.5. The van der Waals surface area contributed by atoms with Crippen LogP contribution >= 0.6 is 11.3 Å². The minimum Gasteiger partial charge on any atom is -0.363 e. The van der Waals surface area contributed by atoms with Gasteiger partial charge in [0.05, 0.1) is 10.7 Å². The second kappa shape index (κ2) is 8.46. The molecule has 1 saturated heterocycles. The van der Waals surface area contributed by atoms with Crippen molar-refractivity contribution in [3.63, 3.8) is 0 Å². The predicted octanol–water partition coefficient (Wildman–Crippen LogP) is 1.94. The summed E-state index contributed by atoms with van der Waals surface area (Å²) in [5.74, 6) is 0.891. The predicted molar refractivity (Wildman–Crippen MR) is 105 cm³/mol. The molecule has 1 fully saturated rings. The summed E-state index contributed by atoms with van der Waals surface area (Å²) in [6, 6.07) is 3.92. The molecule has 1 N–H and O–H groups in total. The van der Waals surface area contributed by atoms with Gasteiger partial charge in [0.1, 0.15) is 5.82 Å². The average Bonchev–Trinajstić information content (AvgIpc) is 3.05. The van der Waals surface area contributed by atoms with E-state index < -0.39 is 0 Å². The second-order valence-electron chi connectivity index (χ2n) is 6.70. The summed E-state index contributed by atoms with van der Waals surface area (Å²) >= 11 is 1.69. The lowest BCUT2D eigenvalue weighted by molar-refractivity contribution is 0.134. The number of hydrogen-bond acceptors (Lipinski definition) is 6. The number of aromatic nitrogens is 2. The molecule has 0 aromatic carbocycles. The summed E-state index contributed by atoms with van der Waals surface area (Å²) < 4.78 is 0. The summed E-state index contributed by atoms with van der Waals surface area (Å²) in [5.41, 5.74) is 2.18. The van der Waals surface area contributed by atoms with Gasteiger partial charge >= 0.3 is 6.03 Å². The SMILES string of the molecule is Cc1nc(CN2CCN(C(=O)NCc3ccnc(N(C)C)c3)CC2)cs1. The van der Waals surface area contributed by atoms with Gasteiger partial charge in [-0.15, -0.1) is 11.3 Å². The maximum atomic E-state index is 12.4. The number of carbonyl (C=O) groups excluding carboxylic acids is 1. The highest BCUT2D eigenvalue weighted by molar-refractivity contribution is 7.09. The van der Waals surface area contributed by atoms with Crippen LogP contribution in [-0.2, 0) is 13.1 Å². The number of pyridine rings is 1. The zero-order valence-electron chi connectivity index (χ0n) is 15.6. The Balaban J connectivity index is 1.44. The van der Waals surface area contributed by atoms with Crippen LogP contribution in [0.15, 0.2) is 23.7 Å². The van der Waals surface area contributed by atoms with E-state index in [9.17, 15) is 4.79 Å². The Hall–Kier alpha value is -2.19. The average molecular weight is 375 g/mol. The number of aryl methyl sites for hydroxylation is 1. The Morgan fingerprint density at radius 2 is 2.08 bits per heavy atom. The van der Waals surface area contributed by atoms with Gasteiger partial charge in [-0.05, 0) is 24.6 Å². The number of nitrogens with one attached hydrogen (secondary N) is 1. The van der Waals surface area contributed by atoms with E-state index in [2.05, 4.69) is 25.6 Å². The fraction of sp³-hybridized carbons (Fsp3) is 0.500. The number of anilines is 1. The van der Waals surface area contributed by atoms with Gasteiger partial charge in [0.25, 0.3) is 0 Å². The molecule has 2 aromatic rings. The van der Waals surface area contributed by atoms with Crippen molar-refractivity contribution < 1.29 is 4.79 Å². The van der Waals surface area contributed by atoms with Crippen molar-refractivity contribution in [1.29, 1.82) is 0 Å². The summed E-state index contributed by atoms with van der Waals surface area (Å²) in [4.78, 5) is 27.4. The van der Waals surface area contributed by atoms with E-state index in [1.165, 1.54) is 0 Å². The van der Waals surface area contributed by atoms with Crippen molar-refractivity contribution in [1.82, 2.24) is 25.1 Å². The number of nitrogens with zero attached hydrogens (tertiary/aromatic N) is 5. The quantitative estimate of drug-likeness (QED) is 0.866. The molecule has 1 aliphatic heterocycles. The normalized spacial score (nSPS) is 15.1. The highest BCUT2D eigenvalue weighted by atomic mass is 32.1. The Morgan fingerprint density at radius 1 is 1.31 bits per heavy atom. The molecule has 140 valence electrons. The van der Waals surface area contributed by atoms with E-state index in [0.29, 0.717) is 6.54 Å². The molecule has 0 spiro atoms. The molecule has 26 heavy (non-hydrogen) atoms. The first kappa shape index (κ1) is 18.6. The topological polar surface area (TPSA) is 64.6 Å². The summed E-state index contributed by atoms with van der Waals surface area (Å²) in [7, 11) is 3.91. The van der Waals surface area contributed by atoms with Crippen LogP contribution in [0.4, 0.5) is 10.6 Å². The maximum Gasteiger partial charge on any atom is 0.317 e. The smallest absolute Gasteiger partial charge is 0.317 e. The first-order valence-electron chi connectivity index (χ1n) is 8.79. The lowest BCUT2D eigenvalue weighted by Gasteiger charge is -2.34. The second-order valence-corrected chi connectivity index (χ2v) is 7.76. The molecule has 0 radical (unpaired) electrons. The van der Waals surface area contributed by atoms with E-state index in [0.717, 1.165) is 54.8 Å². The number of hydrogen-bond donors (Lipinski definition) is 1. The van der Waals surface area contributed by atoms with Gasteiger partial charge in [0.2, 0.25) is 0 Å². The van der Waals surface area contributed by atoms with Crippen LogP contribution in [0, 0.1) is 6.92 Å². The molecule has 3 heterocycles. The van der Waals surface area contributed by atoms with Gasteiger partial charge in [-0.25, -0.2) is 14.8 Å². The minimum absolute atomic E-state index is 0.00244. The van der Waals surface area contributed by atoms with Crippen LogP contribution in [0.25, 0.3) is 0 Å². The Labute approximate surface area is 158 Å². The molecular formula is C18H26N6OS. The van der Waals surface area contributed by atoms with Crippen LogP contribution in [-0.4, -0.2) is 66.1 Å². The van der Waals surface area contributed by atoms with E-state index in [4.69, 9.17) is 0 Å². The standard InChI is InChI=1S/C18H26N6OS/c1-14-21-16(13-26-14)12-23-6-8-24(9-7-23)18(25)20-11-15-4-5-19-17(10-15)22(2)3/h4-5,10,13H,6-9,11-12H2,1-3H3,(H,20,25). The van der Waals surface area contributed by atoms with Crippen LogP contribution < -0.4 is 10.2 Å². The van der Waals surface area contributed by atoms with Crippen molar-refractivity contribution in [3.8, 4) is 0 Å². The van der Waals surface area contributed by atoms with Gasteiger partial charge in [0, 0.05) is 64.9 Å². The third-order valence-electron chi connectivity index (χ3n) is 4.42. The van der Waals surface area contributed by atoms with E-state index in [-0.39, 0.29) is 6.03 Å². The van der Waals surface area contributed by atoms with Gasteiger partial charge in [-0.2, -0.15) is 0 Å². The molecule has 2 amide bonds. The van der Waals surface area contributed by atoms with Crippen LogP contribution in [0.3, 0.4) is 0 Å². The van der Waals surface area contributed by atoms with Gasteiger partial charge in [-0.1, -0.05) is 0 Å². The molecule has 1 aliphatic rings. The van der Waals surface area contributed by atoms with Crippen LogP contribution in [0.2, 0.25) is 0 Å². The maximum absolute atomic E-state index is 12.4. The van der Waals surface area contributed by atoms with Crippen molar-refractivity contribution in [2.24, 2.45) is 0 Å². The molecule has 3 rings (SSSR count). The molecule has 0 saturated carbocycles. The van der Waals surface area contributed by atoms with E-state index in [1.54, 1.807) is 17.5 Å². The zero-order valence-corrected chi connectivity index (χ0v) is 16.4. The first-order valence-corrected chi connectivity index (χ1v) is 9.67. The molecule has 0 aliphatic carbocycles. The van der Waals surface area contributed by atoms with Crippen LogP contribution in [0.5, 0.6) is 0 Å². The number of carbonyl (C=O) groups is 1. The molecule has 0 bridgehead atoms. The summed E-state index contributed by atoms with van der Waals surface area (Å²) in [5, 5.41) is 6.23. The van der Waals surface area contributed by atoms with Crippen molar-refractivity contribution in [2.45, 2.75) is 20.0 Å². The third-order valence-corrected chi connectivity index (χ3v) is 5.25. The van der Waals surface area contributed by atoms with E-state index in [1.807, 2.05) is 43.0 Å². The lowest BCUT2D eigenvalue weighted by atomic mass is 10.2. The Bertz CT molecular complexity index is 739. The number of thiazole rings is 1. The number of piperazine rings is 1. The molecule has 8 heteroatoms. The lowest BCUT2D eigenvalue weighted by Crippen LogP contribution is -2.51. The van der Waals surface area contributed by atoms with Crippen molar-refractivity contribution in [3.05, 3.63) is 40.0 Å². The molecule has 2 aromatic heterocycles. The summed E-state index contributed by atoms with van der Waals surface area (Å²) in [6.45, 7) is 6.65. The molecule has 0 unspecified atom stereocenters. The highest BCUT2D eigenvalue weighted by Crippen LogP contribution is 2.13. The van der Waals surface area contributed by atoms with E-state index >= 15 is 0 Å². The number of urea groups is 1. The fourth-order valence-electron chi connectivity index (χ4n) is 2.92. The van der Waals surface area contributed by atoms with Gasteiger partial charge < -0.3 is 15.1 Å². The molecular weight excluding hydrogens is 348 g/mol. The number of amides is 2. The number of rotatable bonds is 5. The van der Waals surface area contributed by atoms with Gasteiger partial charge in [0.15, 0.2) is 0 Å². The largest absolute Gasteiger partial charge is 0.363 e. The van der Waals surface area contributed by atoms with Crippen molar-refractivity contribution >= 4 is 23.2 Å². The third kappa shape index (κ3) is 4.92. The van der Waals surface area contributed by atoms with Crippen LogP contribution in [0.1, 0.15) is 16.3 Å². The zero-order chi connectivity index (χ0) is 18.5. The summed E-state index contributed by atoms with van der Waals surface area (Å²) in [6.07, 6.45) is 1.77. The molecule has 7 nitrogen and oxygen atoms in total. The van der Waals surface area contributed by atoms with Crippen molar-refractivity contribution in [2.75, 3.05) is 45.2 Å². The Morgan fingerprint density at radius 3 is 2.73 bits per heavy atom. The van der Waals surface area contributed by atoms with Gasteiger partial charge in [-0.3, -0.25) is 4.90 Å².